The Morgan fingerprint density at radius 2 is 1.96 bits per heavy atom. The maximum Gasteiger partial charge on any atom is 0.238 e. The highest BCUT2D eigenvalue weighted by Gasteiger charge is 2.33. The highest BCUT2D eigenvalue weighted by molar-refractivity contribution is 6.34. The van der Waals surface area contributed by atoms with Crippen LogP contribution in [0.15, 0.2) is 12.1 Å². The SMILES string of the molecule is Cc1cc(C)c(NC(=O)CN2CCC[C@@H]3CCCC[C@@H]32)c(Cl)c1. The molecule has 1 aliphatic carbocycles. The molecular formula is C19H27ClN2O. The van der Waals surface area contributed by atoms with Gasteiger partial charge in [-0.1, -0.05) is 30.5 Å². The van der Waals surface area contributed by atoms with Crippen molar-refractivity contribution >= 4 is 23.2 Å². The second-order valence-electron chi connectivity index (χ2n) is 7.21. The number of halogens is 1. The fourth-order valence-electron chi connectivity index (χ4n) is 4.36. The van der Waals surface area contributed by atoms with Gasteiger partial charge < -0.3 is 5.32 Å². The number of carbonyl (C=O) groups excluding carboxylic acids is 1. The number of hydrogen-bond donors (Lipinski definition) is 1. The molecule has 2 fully saturated rings. The van der Waals surface area contributed by atoms with E-state index in [9.17, 15) is 4.79 Å². The summed E-state index contributed by atoms with van der Waals surface area (Å²) in [6, 6.07) is 4.57. The van der Waals surface area contributed by atoms with E-state index in [1.54, 1.807) is 0 Å². The van der Waals surface area contributed by atoms with E-state index in [2.05, 4.69) is 16.3 Å². The van der Waals surface area contributed by atoms with Crippen molar-refractivity contribution in [3.63, 3.8) is 0 Å². The van der Waals surface area contributed by atoms with Crippen LogP contribution in [0.1, 0.15) is 49.7 Å². The number of nitrogens with one attached hydrogen (secondary N) is 1. The van der Waals surface area contributed by atoms with Crippen LogP contribution in [0.5, 0.6) is 0 Å². The van der Waals surface area contributed by atoms with Gasteiger partial charge in [-0.2, -0.15) is 0 Å². The van der Waals surface area contributed by atoms with Crippen LogP contribution in [-0.4, -0.2) is 29.9 Å². The molecule has 2 atom stereocenters. The molecule has 1 saturated carbocycles. The van der Waals surface area contributed by atoms with Gasteiger partial charge in [0.15, 0.2) is 0 Å². The molecule has 0 radical (unpaired) electrons. The second kappa shape index (κ2) is 7.23. The highest BCUT2D eigenvalue weighted by Crippen LogP contribution is 2.35. The molecule has 3 nitrogen and oxygen atoms in total. The van der Waals surface area contributed by atoms with E-state index in [0.29, 0.717) is 17.6 Å². The average Bonchev–Trinajstić information content (AvgIpc) is 2.51. The Kier molecular flexibility index (Phi) is 5.27. The van der Waals surface area contributed by atoms with E-state index < -0.39 is 0 Å². The van der Waals surface area contributed by atoms with E-state index in [-0.39, 0.29) is 5.91 Å². The zero-order valence-electron chi connectivity index (χ0n) is 14.2. The molecule has 2 aliphatic rings. The Labute approximate surface area is 144 Å². The van der Waals surface area contributed by atoms with Gasteiger partial charge in [-0.3, -0.25) is 9.69 Å². The van der Waals surface area contributed by atoms with E-state index in [0.717, 1.165) is 29.3 Å². The maximum absolute atomic E-state index is 12.5. The lowest BCUT2D eigenvalue weighted by molar-refractivity contribution is -0.118. The van der Waals surface area contributed by atoms with E-state index in [4.69, 9.17) is 11.6 Å². The first-order valence-electron chi connectivity index (χ1n) is 8.85. The number of likely N-dealkylation sites (tertiary alicyclic amines) is 1. The number of nitrogens with zero attached hydrogens (tertiary/aromatic N) is 1. The predicted molar refractivity (Wildman–Crippen MR) is 96.1 cm³/mol. The van der Waals surface area contributed by atoms with Gasteiger partial charge in [-0.05, 0) is 69.2 Å². The number of amides is 1. The summed E-state index contributed by atoms with van der Waals surface area (Å²) in [5.41, 5.74) is 2.91. The summed E-state index contributed by atoms with van der Waals surface area (Å²) in [7, 11) is 0. The van der Waals surface area contributed by atoms with Crippen molar-refractivity contribution in [1.82, 2.24) is 4.90 Å². The molecule has 0 spiro atoms. The summed E-state index contributed by atoms with van der Waals surface area (Å²) in [6.07, 6.45) is 7.82. The minimum absolute atomic E-state index is 0.0603. The third-order valence-corrected chi connectivity index (χ3v) is 5.70. The smallest absolute Gasteiger partial charge is 0.238 e. The lowest BCUT2D eigenvalue weighted by Gasteiger charge is -2.43. The number of hydrogen-bond acceptors (Lipinski definition) is 2. The molecule has 1 amide bonds. The molecular weight excluding hydrogens is 308 g/mol. The Morgan fingerprint density at radius 3 is 2.74 bits per heavy atom. The number of piperidine rings is 1. The fourth-order valence-corrected chi connectivity index (χ4v) is 4.73. The van der Waals surface area contributed by atoms with Crippen molar-refractivity contribution in [3.8, 4) is 0 Å². The summed E-state index contributed by atoms with van der Waals surface area (Å²) in [4.78, 5) is 14.9. The number of anilines is 1. The molecule has 0 bridgehead atoms. The van der Waals surface area contributed by atoms with Crippen LogP contribution >= 0.6 is 11.6 Å². The van der Waals surface area contributed by atoms with Gasteiger partial charge in [0.1, 0.15) is 0 Å². The monoisotopic (exact) mass is 334 g/mol. The average molecular weight is 335 g/mol. The zero-order chi connectivity index (χ0) is 16.4. The van der Waals surface area contributed by atoms with Crippen LogP contribution in [0.2, 0.25) is 5.02 Å². The normalized spacial score (nSPS) is 25.0. The summed E-state index contributed by atoms with van der Waals surface area (Å²) in [6.45, 7) is 5.55. The second-order valence-corrected chi connectivity index (χ2v) is 7.62. The lowest BCUT2D eigenvalue weighted by Crippen LogP contribution is -2.49. The van der Waals surface area contributed by atoms with Crippen LogP contribution in [0.4, 0.5) is 5.69 Å². The molecule has 1 aromatic carbocycles. The summed E-state index contributed by atoms with van der Waals surface area (Å²) in [5, 5.41) is 3.67. The van der Waals surface area contributed by atoms with E-state index in [1.165, 1.54) is 38.5 Å². The molecule has 1 aromatic rings. The van der Waals surface area contributed by atoms with Crippen LogP contribution in [0.25, 0.3) is 0 Å². The Hall–Kier alpha value is -1.06. The first-order chi connectivity index (χ1) is 11.0. The van der Waals surface area contributed by atoms with Crippen molar-refractivity contribution in [3.05, 3.63) is 28.3 Å². The standard InChI is InChI=1S/C19H27ClN2O/c1-13-10-14(2)19(16(20)11-13)21-18(23)12-22-9-5-7-15-6-3-4-8-17(15)22/h10-11,15,17H,3-9,12H2,1-2H3,(H,21,23)/t15-,17-/m0/s1. The molecule has 23 heavy (non-hydrogen) atoms. The van der Waals surface area contributed by atoms with Gasteiger partial charge in [0, 0.05) is 6.04 Å². The Balaban J connectivity index is 1.65. The van der Waals surface area contributed by atoms with Gasteiger partial charge >= 0.3 is 0 Å². The number of benzene rings is 1. The Morgan fingerprint density at radius 1 is 1.22 bits per heavy atom. The fraction of sp³-hybridized carbons (Fsp3) is 0.632. The highest BCUT2D eigenvalue weighted by atomic mass is 35.5. The van der Waals surface area contributed by atoms with Crippen LogP contribution in [0.3, 0.4) is 0 Å². The minimum atomic E-state index is 0.0603. The van der Waals surface area contributed by atoms with Crippen molar-refractivity contribution in [2.24, 2.45) is 5.92 Å². The topological polar surface area (TPSA) is 32.3 Å². The van der Waals surface area contributed by atoms with Crippen LogP contribution < -0.4 is 5.32 Å². The van der Waals surface area contributed by atoms with Crippen molar-refractivity contribution in [1.29, 1.82) is 0 Å². The summed E-state index contributed by atoms with van der Waals surface area (Å²) < 4.78 is 0. The maximum atomic E-state index is 12.5. The molecule has 1 heterocycles. The van der Waals surface area contributed by atoms with Crippen molar-refractivity contribution < 1.29 is 4.79 Å². The molecule has 126 valence electrons. The third-order valence-electron chi connectivity index (χ3n) is 5.40. The molecule has 1 saturated heterocycles. The number of rotatable bonds is 3. The van der Waals surface area contributed by atoms with Crippen LogP contribution in [0, 0.1) is 19.8 Å². The van der Waals surface area contributed by atoms with Crippen molar-refractivity contribution in [2.75, 3.05) is 18.4 Å². The Bertz CT molecular complexity index is 562. The number of fused-ring (bicyclic) bond motifs is 1. The van der Waals surface area contributed by atoms with Gasteiger partial charge in [0.25, 0.3) is 0 Å². The predicted octanol–water partition coefficient (Wildman–Crippen LogP) is 4.55. The first-order valence-corrected chi connectivity index (χ1v) is 9.23. The molecule has 4 heteroatoms. The first kappa shape index (κ1) is 16.8. The largest absolute Gasteiger partial charge is 0.323 e. The quantitative estimate of drug-likeness (QED) is 0.879. The molecule has 3 rings (SSSR count). The third kappa shape index (κ3) is 3.89. The lowest BCUT2D eigenvalue weighted by atomic mass is 9.78. The van der Waals surface area contributed by atoms with Gasteiger partial charge in [-0.25, -0.2) is 0 Å². The van der Waals surface area contributed by atoms with Gasteiger partial charge in [0.05, 0.1) is 17.3 Å². The minimum Gasteiger partial charge on any atom is -0.323 e. The van der Waals surface area contributed by atoms with Gasteiger partial charge in [-0.15, -0.1) is 0 Å². The molecule has 1 N–H and O–H groups in total. The summed E-state index contributed by atoms with van der Waals surface area (Å²) in [5.74, 6) is 0.861. The molecule has 1 aliphatic heterocycles. The van der Waals surface area contributed by atoms with Crippen molar-refractivity contribution in [2.45, 2.75) is 58.4 Å². The molecule has 0 aromatic heterocycles. The summed E-state index contributed by atoms with van der Waals surface area (Å²) >= 11 is 6.30. The molecule has 0 unspecified atom stereocenters. The number of carbonyl (C=O) groups is 1. The van der Waals surface area contributed by atoms with Gasteiger partial charge in [0.2, 0.25) is 5.91 Å². The number of aryl methyl sites for hydroxylation is 2. The van der Waals surface area contributed by atoms with E-state index in [1.807, 2.05) is 19.9 Å². The zero-order valence-corrected chi connectivity index (χ0v) is 15.0. The van der Waals surface area contributed by atoms with Crippen LogP contribution in [-0.2, 0) is 4.79 Å². The van der Waals surface area contributed by atoms with E-state index >= 15 is 0 Å².